The molecule has 1 saturated heterocycles. The standard InChI is InChI=1S/C36H34F3N6O3S.BrH/c1-21-11-25(12-22(2)33(21)48-35(46)31-5-4-10-41-31)16-44-19-42-45(20-44)18-36(47,27-13-29(38)30(39)14-28(27)37)23(3)34-43-32(17-49-34)26-8-6-24(15-40)7-9-26;/h6-9,11-14,17,19-20,23,31,41,47H,4-5,10,16,18H2,1-3H3;1H/q+1;/p-1/t23-,31?,36+;/m0./s1. The third-order valence-corrected chi connectivity index (χ3v) is 9.89. The van der Waals surface area contributed by atoms with E-state index >= 15 is 4.39 Å². The predicted octanol–water partition coefficient (Wildman–Crippen LogP) is 2.60. The van der Waals surface area contributed by atoms with Gasteiger partial charge in [0.25, 0.3) is 6.33 Å². The molecule has 2 N–H and O–H groups in total. The number of aryl methyl sites for hydroxylation is 2. The number of halogens is 4. The average Bonchev–Trinajstić information content (AvgIpc) is 3.87. The first-order valence-electron chi connectivity index (χ1n) is 15.7. The molecule has 1 aliphatic rings. The van der Waals surface area contributed by atoms with Crippen LogP contribution in [0.4, 0.5) is 13.2 Å². The molecule has 260 valence electrons. The number of carbonyl (C=O) groups excluding carboxylic acids is 1. The van der Waals surface area contributed by atoms with Crippen molar-refractivity contribution >= 4 is 17.3 Å². The molecule has 0 radical (unpaired) electrons. The molecule has 1 aliphatic heterocycles. The van der Waals surface area contributed by atoms with Gasteiger partial charge in [0.05, 0.1) is 28.9 Å². The van der Waals surface area contributed by atoms with Crippen molar-refractivity contribution in [2.45, 2.75) is 64.3 Å². The van der Waals surface area contributed by atoms with E-state index in [-0.39, 0.29) is 35.5 Å². The number of ether oxygens (including phenoxy) is 1. The number of hydrogen-bond acceptors (Lipinski definition) is 8. The third-order valence-electron chi connectivity index (χ3n) is 8.86. The summed E-state index contributed by atoms with van der Waals surface area (Å²) < 4.78 is 52.8. The van der Waals surface area contributed by atoms with E-state index in [2.05, 4.69) is 21.5 Å². The SMILES string of the molecule is Cc1cc(C[n+]2cnn(C[C@](O)(c3cc(F)c(F)cc3F)[C@@H](C)c3nc(-c4ccc(C#N)cc4)cs3)c2)cc(C)c1OC(=O)C1CCCN1.[Br-]. The Morgan fingerprint density at radius 3 is 2.52 bits per heavy atom. The van der Waals surface area contributed by atoms with Crippen LogP contribution in [-0.4, -0.2) is 38.4 Å². The lowest BCUT2D eigenvalue weighted by molar-refractivity contribution is -0.689. The average molecular weight is 768 g/mol. The Labute approximate surface area is 301 Å². The van der Waals surface area contributed by atoms with Crippen molar-refractivity contribution in [1.82, 2.24) is 20.1 Å². The van der Waals surface area contributed by atoms with Crippen LogP contribution in [0.3, 0.4) is 0 Å². The van der Waals surface area contributed by atoms with Crippen molar-refractivity contribution in [2.75, 3.05) is 6.54 Å². The Bertz CT molecular complexity index is 2040. The largest absolute Gasteiger partial charge is 1.00 e. The molecule has 6 rings (SSSR count). The van der Waals surface area contributed by atoms with E-state index in [4.69, 9.17) is 10.00 Å². The molecule has 0 bridgehead atoms. The summed E-state index contributed by atoms with van der Waals surface area (Å²) in [6.45, 7) is 6.25. The van der Waals surface area contributed by atoms with Crippen LogP contribution in [0.5, 0.6) is 5.75 Å². The zero-order valence-electron chi connectivity index (χ0n) is 27.5. The third kappa shape index (κ3) is 7.66. The van der Waals surface area contributed by atoms with Crippen LogP contribution in [0.15, 0.2) is 66.6 Å². The minimum Gasteiger partial charge on any atom is -1.00 e. The van der Waals surface area contributed by atoms with E-state index in [9.17, 15) is 18.7 Å². The summed E-state index contributed by atoms with van der Waals surface area (Å²) in [6, 6.07) is 13.5. The molecular formula is C36H34BrF3N6O3S. The molecule has 0 aliphatic carbocycles. The Morgan fingerprint density at radius 1 is 1.16 bits per heavy atom. The van der Waals surface area contributed by atoms with Gasteiger partial charge in [-0.15, -0.1) is 16.0 Å². The first kappa shape index (κ1) is 36.9. The van der Waals surface area contributed by atoms with Crippen molar-refractivity contribution in [1.29, 1.82) is 5.26 Å². The van der Waals surface area contributed by atoms with Crippen LogP contribution in [0.1, 0.15) is 58.5 Å². The van der Waals surface area contributed by atoms with Crippen molar-refractivity contribution < 1.29 is 49.4 Å². The molecule has 0 spiro atoms. The van der Waals surface area contributed by atoms with Crippen molar-refractivity contribution in [3.63, 3.8) is 0 Å². The summed E-state index contributed by atoms with van der Waals surface area (Å²) in [4.78, 5) is 17.3. The van der Waals surface area contributed by atoms with E-state index in [1.807, 2.05) is 26.0 Å². The maximum absolute atomic E-state index is 15.3. The Kier molecular flexibility index (Phi) is 11.2. The molecule has 2 aromatic heterocycles. The molecule has 3 aromatic carbocycles. The number of rotatable bonds is 10. The molecule has 3 atom stereocenters. The maximum Gasteiger partial charge on any atom is 0.328 e. The summed E-state index contributed by atoms with van der Waals surface area (Å²) in [7, 11) is 0. The number of aromatic nitrogens is 4. The van der Waals surface area contributed by atoms with Gasteiger partial charge < -0.3 is 32.1 Å². The molecule has 1 unspecified atom stereocenters. The van der Waals surface area contributed by atoms with Gasteiger partial charge in [0, 0.05) is 33.6 Å². The normalized spacial score (nSPS) is 15.9. The van der Waals surface area contributed by atoms with Gasteiger partial charge in [-0.3, -0.25) is 0 Å². The summed E-state index contributed by atoms with van der Waals surface area (Å²) in [5.41, 5.74) is 1.80. The van der Waals surface area contributed by atoms with Gasteiger partial charge in [-0.25, -0.2) is 27.5 Å². The highest BCUT2D eigenvalue weighted by Gasteiger charge is 2.44. The fourth-order valence-corrected chi connectivity index (χ4v) is 7.15. The Morgan fingerprint density at radius 2 is 1.86 bits per heavy atom. The summed E-state index contributed by atoms with van der Waals surface area (Å²) in [5, 5.41) is 31.1. The van der Waals surface area contributed by atoms with Crippen LogP contribution >= 0.6 is 11.3 Å². The van der Waals surface area contributed by atoms with Crippen LogP contribution in [-0.2, 0) is 23.5 Å². The topological polar surface area (TPSA) is 117 Å². The highest BCUT2D eigenvalue weighted by Crippen LogP contribution is 2.42. The number of nitriles is 1. The Hall–Kier alpha value is -4.42. The number of nitrogens with one attached hydrogen (secondary N) is 1. The second-order valence-corrected chi connectivity index (χ2v) is 13.3. The van der Waals surface area contributed by atoms with Crippen LogP contribution in [0.2, 0.25) is 0 Å². The summed E-state index contributed by atoms with van der Waals surface area (Å²) in [6.07, 6.45) is 4.85. The zero-order chi connectivity index (χ0) is 34.9. The molecule has 3 heterocycles. The number of benzene rings is 3. The first-order valence-corrected chi connectivity index (χ1v) is 16.6. The van der Waals surface area contributed by atoms with Gasteiger partial charge in [0.2, 0.25) is 6.33 Å². The number of thiazole rings is 1. The fourth-order valence-electron chi connectivity index (χ4n) is 6.18. The second-order valence-electron chi connectivity index (χ2n) is 12.4. The maximum atomic E-state index is 15.3. The lowest BCUT2D eigenvalue weighted by atomic mass is 9.82. The summed E-state index contributed by atoms with van der Waals surface area (Å²) >= 11 is 1.23. The van der Waals surface area contributed by atoms with Crippen molar-refractivity contribution in [3.05, 3.63) is 117 Å². The van der Waals surface area contributed by atoms with Gasteiger partial charge in [-0.2, -0.15) is 5.26 Å². The van der Waals surface area contributed by atoms with Gasteiger partial charge in [-0.05, 0) is 80.3 Å². The number of esters is 1. The van der Waals surface area contributed by atoms with E-state index in [0.717, 1.165) is 41.6 Å². The molecular weight excluding hydrogens is 733 g/mol. The van der Waals surface area contributed by atoms with E-state index in [1.54, 1.807) is 53.8 Å². The number of nitrogens with zero attached hydrogens (tertiary/aromatic N) is 5. The predicted molar refractivity (Wildman–Crippen MR) is 175 cm³/mol. The van der Waals surface area contributed by atoms with E-state index < -0.39 is 34.5 Å². The molecule has 9 nitrogen and oxygen atoms in total. The minimum atomic E-state index is -2.10. The van der Waals surface area contributed by atoms with Gasteiger partial charge in [0.15, 0.2) is 11.6 Å². The zero-order valence-corrected chi connectivity index (χ0v) is 29.9. The van der Waals surface area contributed by atoms with E-state index in [0.29, 0.717) is 40.7 Å². The van der Waals surface area contributed by atoms with Crippen LogP contribution < -0.4 is 31.6 Å². The highest BCUT2D eigenvalue weighted by molar-refractivity contribution is 7.10. The van der Waals surface area contributed by atoms with Crippen LogP contribution in [0.25, 0.3) is 11.3 Å². The lowest BCUT2D eigenvalue weighted by Crippen LogP contribution is -3.00. The van der Waals surface area contributed by atoms with Crippen LogP contribution in [0, 0.1) is 42.6 Å². The number of hydrogen-bond donors (Lipinski definition) is 2. The first-order chi connectivity index (χ1) is 23.4. The van der Waals surface area contributed by atoms with Crippen molar-refractivity contribution in [3.8, 4) is 23.1 Å². The molecule has 0 saturated carbocycles. The highest BCUT2D eigenvalue weighted by atomic mass is 79.9. The monoisotopic (exact) mass is 766 g/mol. The molecule has 14 heteroatoms. The quantitative estimate of drug-likeness (QED) is 0.0973. The number of carbonyl (C=O) groups is 1. The summed E-state index contributed by atoms with van der Waals surface area (Å²) in [5.74, 6) is -4.43. The molecule has 1 fully saturated rings. The number of aliphatic hydroxyl groups is 1. The second kappa shape index (κ2) is 15.2. The molecule has 0 amide bonds. The lowest BCUT2D eigenvalue weighted by Gasteiger charge is -2.32. The van der Waals surface area contributed by atoms with Gasteiger partial charge in [0.1, 0.15) is 29.8 Å². The molecule has 50 heavy (non-hydrogen) atoms. The van der Waals surface area contributed by atoms with Gasteiger partial charge in [-0.1, -0.05) is 19.1 Å². The minimum absolute atomic E-state index is 0. The fraction of sp³-hybridized carbons (Fsp3) is 0.306. The van der Waals surface area contributed by atoms with Crippen molar-refractivity contribution in [2.24, 2.45) is 0 Å². The van der Waals surface area contributed by atoms with E-state index in [1.165, 1.54) is 16.0 Å². The Balaban J connectivity index is 0.00000486. The smallest absolute Gasteiger partial charge is 0.328 e. The molecule has 5 aromatic rings. The van der Waals surface area contributed by atoms with Gasteiger partial charge >= 0.3 is 5.97 Å².